The van der Waals surface area contributed by atoms with Gasteiger partial charge in [0.15, 0.2) is 11.6 Å². The summed E-state index contributed by atoms with van der Waals surface area (Å²) in [5, 5.41) is 0. The number of halogens is 3. The van der Waals surface area contributed by atoms with Crippen molar-refractivity contribution in [1.29, 1.82) is 0 Å². The van der Waals surface area contributed by atoms with Crippen molar-refractivity contribution in [3.63, 3.8) is 0 Å². The van der Waals surface area contributed by atoms with Crippen LogP contribution in [0.3, 0.4) is 0 Å². The summed E-state index contributed by atoms with van der Waals surface area (Å²) in [4.78, 5) is 0. The Morgan fingerprint density at radius 1 is 1.00 bits per heavy atom. The van der Waals surface area contributed by atoms with Crippen molar-refractivity contribution in [2.24, 2.45) is 5.73 Å². The molecule has 0 aromatic heterocycles. The van der Waals surface area contributed by atoms with Crippen LogP contribution < -0.4 is 5.73 Å². The Morgan fingerprint density at radius 2 is 1.67 bits per heavy atom. The largest absolute Gasteiger partial charge is 0.318 e. The molecular formula is C14H12BrF2N. The highest BCUT2D eigenvalue weighted by atomic mass is 79.9. The minimum absolute atomic E-state index is 0.527. The molecule has 2 aromatic carbocycles. The summed E-state index contributed by atoms with van der Waals surface area (Å²) in [6.45, 7) is 1.77. The van der Waals surface area contributed by atoms with E-state index in [4.69, 9.17) is 5.73 Å². The molecule has 4 heteroatoms. The standard InChI is InChI=1S/C14H12BrF2N/c1-14(18,9-3-2-4-11(15)7-9)10-5-6-12(16)13(17)8-10/h2-8H,18H2,1H3. The van der Waals surface area contributed by atoms with Crippen molar-refractivity contribution in [3.05, 3.63) is 69.7 Å². The minimum Gasteiger partial charge on any atom is -0.318 e. The molecule has 18 heavy (non-hydrogen) atoms. The van der Waals surface area contributed by atoms with Gasteiger partial charge < -0.3 is 5.73 Å². The van der Waals surface area contributed by atoms with Crippen molar-refractivity contribution < 1.29 is 8.78 Å². The molecule has 1 atom stereocenters. The van der Waals surface area contributed by atoms with Gasteiger partial charge in [0, 0.05) is 4.47 Å². The van der Waals surface area contributed by atoms with Crippen molar-refractivity contribution in [2.75, 3.05) is 0 Å². The number of nitrogens with two attached hydrogens (primary N) is 1. The third kappa shape index (κ3) is 2.44. The summed E-state index contributed by atoms with van der Waals surface area (Å²) >= 11 is 3.36. The molecule has 94 valence electrons. The molecule has 0 aliphatic carbocycles. The van der Waals surface area contributed by atoms with E-state index < -0.39 is 17.2 Å². The van der Waals surface area contributed by atoms with E-state index in [0.29, 0.717) is 5.56 Å². The molecule has 0 heterocycles. The fourth-order valence-electron chi connectivity index (χ4n) is 1.80. The first-order valence-electron chi connectivity index (χ1n) is 5.42. The van der Waals surface area contributed by atoms with Crippen LogP contribution >= 0.6 is 15.9 Å². The third-order valence-electron chi connectivity index (χ3n) is 2.94. The van der Waals surface area contributed by atoms with Gasteiger partial charge in [0.05, 0.1) is 5.54 Å². The number of hydrogen-bond acceptors (Lipinski definition) is 1. The van der Waals surface area contributed by atoms with Gasteiger partial charge in [0.2, 0.25) is 0 Å². The van der Waals surface area contributed by atoms with Gasteiger partial charge in [0.25, 0.3) is 0 Å². The van der Waals surface area contributed by atoms with Crippen LogP contribution in [0, 0.1) is 11.6 Å². The predicted molar refractivity (Wildman–Crippen MR) is 71.1 cm³/mol. The quantitative estimate of drug-likeness (QED) is 0.893. The van der Waals surface area contributed by atoms with Gasteiger partial charge >= 0.3 is 0 Å². The van der Waals surface area contributed by atoms with Crippen LogP contribution in [0.5, 0.6) is 0 Å². The second kappa shape index (κ2) is 4.78. The summed E-state index contributed by atoms with van der Waals surface area (Å²) in [5.41, 5.74) is 6.71. The zero-order valence-corrected chi connectivity index (χ0v) is 11.3. The molecule has 0 saturated carbocycles. The van der Waals surface area contributed by atoms with Gasteiger partial charge in [-0.1, -0.05) is 34.1 Å². The third-order valence-corrected chi connectivity index (χ3v) is 3.44. The van der Waals surface area contributed by atoms with Crippen LogP contribution in [-0.4, -0.2) is 0 Å². The van der Waals surface area contributed by atoms with E-state index in [1.807, 2.05) is 24.3 Å². The van der Waals surface area contributed by atoms with E-state index in [0.717, 1.165) is 22.2 Å². The van der Waals surface area contributed by atoms with Gasteiger partial charge in [-0.15, -0.1) is 0 Å². The van der Waals surface area contributed by atoms with E-state index in [1.165, 1.54) is 6.07 Å². The molecule has 0 saturated heterocycles. The maximum atomic E-state index is 13.3. The fourth-order valence-corrected chi connectivity index (χ4v) is 2.20. The van der Waals surface area contributed by atoms with Crippen molar-refractivity contribution in [1.82, 2.24) is 0 Å². The van der Waals surface area contributed by atoms with Gasteiger partial charge in [-0.3, -0.25) is 0 Å². The summed E-state index contributed by atoms with van der Waals surface area (Å²) in [7, 11) is 0. The normalized spacial score (nSPS) is 14.3. The Kier molecular flexibility index (Phi) is 3.50. The lowest BCUT2D eigenvalue weighted by Crippen LogP contribution is -2.34. The van der Waals surface area contributed by atoms with E-state index >= 15 is 0 Å². The Morgan fingerprint density at radius 3 is 2.28 bits per heavy atom. The molecule has 2 aromatic rings. The Hall–Kier alpha value is -1.26. The predicted octanol–water partition coefficient (Wildman–Crippen LogP) is 3.95. The van der Waals surface area contributed by atoms with Crippen LogP contribution in [0.15, 0.2) is 46.9 Å². The van der Waals surface area contributed by atoms with E-state index in [2.05, 4.69) is 15.9 Å². The van der Waals surface area contributed by atoms with E-state index in [1.54, 1.807) is 6.92 Å². The zero-order valence-electron chi connectivity index (χ0n) is 9.75. The average molecular weight is 312 g/mol. The number of hydrogen-bond donors (Lipinski definition) is 1. The van der Waals surface area contributed by atoms with Crippen molar-refractivity contribution >= 4 is 15.9 Å². The summed E-state index contributed by atoms with van der Waals surface area (Å²) in [6, 6.07) is 11.2. The maximum absolute atomic E-state index is 13.3. The molecule has 1 nitrogen and oxygen atoms in total. The van der Waals surface area contributed by atoms with Gasteiger partial charge in [-0.05, 0) is 42.3 Å². The number of benzene rings is 2. The summed E-state index contributed by atoms with van der Waals surface area (Å²) < 4.78 is 27.1. The Labute approximate surface area is 113 Å². The molecule has 0 aliphatic heterocycles. The zero-order chi connectivity index (χ0) is 13.3. The van der Waals surface area contributed by atoms with Gasteiger partial charge in [-0.2, -0.15) is 0 Å². The van der Waals surface area contributed by atoms with Crippen LogP contribution in [0.4, 0.5) is 8.78 Å². The van der Waals surface area contributed by atoms with Crippen LogP contribution in [0.2, 0.25) is 0 Å². The SMILES string of the molecule is CC(N)(c1cccc(Br)c1)c1ccc(F)c(F)c1. The van der Waals surface area contributed by atoms with E-state index in [-0.39, 0.29) is 0 Å². The lowest BCUT2D eigenvalue weighted by atomic mass is 9.86. The van der Waals surface area contributed by atoms with Crippen LogP contribution in [-0.2, 0) is 5.54 Å². The van der Waals surface area contributed by atoms with Crippen molar-refractivity contribution in [3.8, 4) is 0 Å². The number of rotatable bonds is 2. The van der Waals surface area contributed by atoms with Crippen LogP contribution in [0.25, 0.3) is 0 Å². The van der Waals surface area contributed by atoms with Crippen LogP contribution in [0.1, 0.15) is 18.1 Å². The molecule has 0 fully saturated rings. The molecule has 0 bridgehead atoms. The first-order valence-corrected chi connectivity index (χ1v) is 6.21. The molecule has 0 spiro atoms. The van der Waals surface area contributed by atoms with Crippen molar-refractivity contribution in [2.45, 2.75) is 12.5 Å². The fraction of sp³-hybridized carbons (Fsp3) is 0.143. The molecule has 0 aliphatic rings. The minimum atomic E-state index is -0.890. The molecular weight excluding hydrogens is 300 g/mol. The lowest BCUT2D eigenvalue weighted by molar-refractivity contribution is 0.500. The average Bonchev–Trinajstić information content (AvgIpc) is 2.32. The molecule has 1 unspecified atom stereocenters. The molecule has 0 amide bonds. The van der Waals surface area contributed by atoms with E-state index in [9.17, 15) is 8.78 Å². The highest BCUT2D eigenvalue weighted by Gasteiger charge is 2.24. The smallest absolute Gasteiger partial charge is 0.159 e. The highest BCUT2D eigenvalue weighted by Crippen LogP contribution is 2.29. The summed E-state index contributed by atoms with van der Waals surface area (Å²) in [6.07, 6.45) is 0. The first kappa shape index (κ1) is 13.2. The first-order chi connectivity index (χ1) is 8.41. The van der Waals surface area contributed by atoms with Gasteiger partial charge in [0.1, 0.15) is 0 Å². The maximum Gasteiger partial charge on any atom is 0.159 e. The summed E-state index contributed by atoms with van der Waals surface area (Å²) in [5.74, 6) is -1.76. The second-order valence-corrected chi connectivity index (χ2v) is 5.26. The highest BCUT2D eigenvalue weighted by molar-refractivity contribution is 9.10. The molecule has 0 radical (unpaired) electrons. The second-order valence-electron chi connectivity index (χ2n) is 4.34. The topological polar surface area (TPSA) is 26.0 Å². The van der Waals surface area contributed by atoms with Gasteiger partial charge in [-0.25, -0.2) is 8.78 Å². The molecule has 2 rings (SSSR count). The Bertz CT molecular complexity index is 582. The Balaban J connectivity index is 2.50. The monoisotopic (exact) mass is 311 g/mol. The lowest BCUT2D eigenvalue weighted by Gasteiger charge is -2.26. The molecule has 2 N–H and O–H groups in total.